The number of amides is 1. The first-order valence-electron chi connectivity index (χ1n) is 9.09. The molecule has 0 fully saturated rings. The lowest BCUT2D eigenvalue weighted by Gasteiger charge is -2.12. The molecule has 0 saturated heterocycles. The first-order valence-corrected chi connectivity index (χ1v) is 9.09. The number of rotatable bonds is 9. The first kappa shape index (κ1) is 20.1. The van der Waals surface area contributed by atoms with Gasteiger partial charge in [0.25, 0.3) is 5.91 Å². The minimum atomic E-state index is -0.294. The number of methoxy groups -OCH3 is 2. The lowest BCUT2D eigenvalue weighted by atomic mass is 10.2. The molecule has 0 atom stereocenters. The molecule has 29 heavy (non-hydrogen) atoms. The Hall–Kier alpha value is -3.67. The third-order valence-electron chi connectivity index (χ3n) is 4.12. The van der Waals surface area contributed by atoms with Crippen molar-refractivity contribution in [2.45, 2.75) is 6.61 Å². The van der Waals surface area contributed by atoms with Gasteiger partial charge in [-0.3, -0.25) is 4.79 Å². The van der Waals surface area contributed by atoms with E-state index >= 15 is 0 Å². The Kier molecular flexibility index (Phi) is 6.95. The predicted octanol–water partition coefficient (Wildman–Crippen LogP) is 4.30. The molecule has 6 heteroatoms. The van der Waals surface area contributed by atoms with Crippen LogP contribution in [0.25, 0.3) is 0 Å². The van der Waals surface area contributed by atoms with Crippen molar-refractivity contribution in [3.8, 4) is 23.0 Å². The number of hydrogen-bond acceptors (Lipinski definition) is 5. The van der Waals surface area contributed by atoms with Crippen LogP contribution in [0.1, 0.15) is 5.56 Å². The molecule has 3 aromatic rings. The molecule has 1 amide bonds. The fourth-order valence-electron chi connectivity index (χ4n) is 2.61. The van der Waals surface area contributed by atoms with E-state index in [-0.39, 0.29) is 12.5 Å². The van der Waals surface area contributed by atoms with Crippen LogP contribution in [-0.2, 0) is 11.4 Å². The number of anilines is 1. The quantitative estimate of drug-likeness (QED) is 0.587. The van der Waals surface area contributed by atoms with Crippen LogP contribution in [0.15, 0.2) is 72.8 Å². The van der Waals surface area contributed by atoms with Crippen molar-refractivity contribution in [1.29, 1.82) is 0 Å². The van der Waals surface area contributed by atoms with Gasteiger partial charge in [-0.2, -0.15) is 0 Å². The topological polar surface area (TPSA) is 66.0 Å². The third kappa shape index (κ3) is 5.90. The van der Waals surface area contributed by atoms with Gasteiger partial charge in [-0.05, 0) is 42.0 Å². The van der Waals surface area contributed by atoms with Gasteiger partial charge in [0.05, 0.1) is 19.9 Å². The monoisotopic (exact) mass is 393 g/mol. The zero-order valence-corrected chi connectivity index (χ0v) is 16.4. The van der Waals surface area contributed by atoms with Crippen LogP contribution in [0.2, 0.25) is 0 Å². The lowest BCUT2D eigenvalue weighted by Crippen LogP contribution is -2.20. The Morgan fingerprint density at radius 1 is 0.793 bits per heavy atom. The van der Waals surface area contributed by atoms with E-state index < -0.39 is 0 Å². The van der Waals surface area contributed by atoms with Gasteiger partial charge in [-0.15, -0.1) is 0 Å². The van der Waals surface area contributed by atoms with Crippen LogP contribution < -0.4 is 24.3 Å². The predicted molar refractivity (Wildman–Crippen MR) is 111 cm³/mol. The summed E-state index contributed by atoms with van der Waals surface area (Å²) in [6.45, 7) is 0.368. The summed E-state index contributed by atoms with van der Waals surface area (Å²) in [7, 11) is 3.10. The summed E-state index contributed by atoms with van der Waals surface area (Å²) in [6, 6.07) is 22.2. The van der Waals surface area contributed by atoms with Crippen molar-refractivity contribution in [3.63, 3.8) is 0 Å². The average Bonchev–Trinajstić information content (AvgIpc) is 2.78. The summed E-state index contributed by atoms with van der Waals surface area (Å²) in [5.41, 5.74) is 1.64. The molecule has 3 aromatic carbocycles. The highest BCUT2D eigenvalue weighted by molar-refractivity contribution is 5.93. The van der Waals surface area contributed by atoms with Gasteiger partial charge in [0, 0.05) is 6.07 Å². The molecule has 3 rings (SSSR count). The fourth-order valence-corrected chi connectivity index (χ4v) is 2.61. The van der Waals surface area contributed by atoms with E-state index in [2.05, 4.69) is 5.32 Å². The molecule has 0 aromatic heterocycles. The number of ether oxygens (including phenoxy) is 4. The van der Waals surface area contributed by atoms with Crippen LogP contribution in [0.5, 0.6) is 23.0 Å². The second-order valence-electron chi connectivity index (χ2n) is 6.15. The molecule has 0 saturated carbocycles. The number of carbonyl (C=O) groups is 1. The smallest absolute Gasteiger partial charge is 0.262 e. The molecule has 0 heterocycles. The van der Waals surface area contributed by atoms with Gasteiger partial charge in [0.15, 0.2) is 6.61 Å². The summed E-state index contributed by atoms with van der Waals surface area (Å²) in [6.07, 6.45) is 0. The largest absolute Gasteiger partial charge is 0.497 e. The zero-order valence-electron chi connectivity index (χ0n) is 16.4. The highest BCUT2D eigenvalue weighted by atomic mass is 16.5. The minimum Gasteiger partial charge on any atom is -0.497 e. The van der Waals surface area contributed by atoms with Crippen molar-refractivity contribution in [3.05, 3.63) is 78.4 Å². The maximum Gasteiger partial charge on any atom is 0.262 e. The third-order valence-corrected chi connectivity index (χ3v) is 4.12. The van der Waals surface area contributed by atoms with E-state index in [1.807, 2.05) is 42.5 Å². The molecular formula is C23H23NO5. The van der Waals surface area contributed by atoms with Crippen molar-refractivity contribution in [2.75, 3.05) is 26.1 Å². The molecule has 1 N–H and O–H groups in total. The Labute approximate surface area is 170 Å². The number of benzene rings is 3. The summed E-state index contributed by atoms with van der Waals surface area (Å²) in [5.74, 6) is 2.17. The van der Waals surface area contributed by atoms with Crippen LogP contribution in [-0.4, -0.2) is 26.7 Å². The molecule has 0 unspecified atom stereocenters. The number of carbonyl (C=O) groups excluding carboxylic acids is 1. The molecular weight excluding hydrogens is 370 g/mol. The van der Waals surface area contributed by atoms with Crippen LogP contribution in [0.4, 0.5) is 5.69 Å². The Balaban J connectivity index is 1.49. The van der Waals surface area contributed by atoms with E-state index in [1.54, 1.807) is 37.4 Å². The van der Waals surface area contributed by atoms with Gasteiger partial charge >= 0.3 is 0 Å². The molecule has 150 valence electrons. The van der Waals surface area contributed by atoms with Gasteiger partial charge in [-0.25, -0.2) is 0 Å². The van der Waals surface area contributed by atoms with Crippen molar-refractivity contribution >= 4 is 11.6 Å². The van der Waals surface area contributed by atoms with Crippen LogP contribution >= 0.6 is 0 Å². The van der Waals surface area contributed by atoms with E-state index in [1.165, 1.54) is 7.11 Å². The summed E-state index contributed by atoms with van der Waals surface area (Å²) < 4.78 is 21.7. The summed E-state index contributed by atoms with van der Waals surface area (Å²) in [4.78, 5) is 12.2. The van der Waals surface area contributed by atoms with E-state index in [9.17, 15) is 4.79 Å². The van der Waals surface area contributed by atoms with E-state index in [4.69, 9.17) is 18.9 Å². The lowest BCUT2D eigenvalue weighted by molar-refractivity contribution is -0.118. The summed E-state index contributed by atoms with van der Waals surface area (Å²) in [5, 5.41) is 2.76. The maximum absolute atomic E-state index is 12.2. The van der Waals surface area contributed by atoms with Crippen LogP contribution in [0.3, 0.4) is 0 Å². The van der Waals surface area contributed by atoms with Crippen molar-refractivity contribution in [1.82, 2.24) is 0 Å². The van der Waals surface area contributed by atoms with Crippen LogP contribution in [0, 0.1) is 0 Å². The van der Waals surface area contributed by atoms with Crippen molar-refractivity contribution < 1.29 is 23.7 Å². The second kappa shape index (κ2) is 10.0. The fraction of sp³-hybridized carbons (Fsp3) is 0.174. The Bertz CT molecular complexity index is 926. The number of nitrogens with one attached hydrogen (secondary N) is 1. The molecule has 0 aliphatic carbocycles. The average molecular weight is 393 g/mol. The SMILES string of the molecule is COc1ccc(NC(=O)COc2ccc(OCc3ccccc3)cc2)c(OC)c1. The number of hydrogen-bond donors (Lipinski definition) is 1. The Morgan fingerprint density at radius 2 is 1.45 bits per heavy atom. The standard InChI is InChI=1S/C23H23NO5/c1-26-20-12-13-21(22(14-20)27-2)24-23(25)16-29-19-10-8-18(9-11-19)28-15-17-6-4-3-5-7-17/h3-14H,15-16H2,1-2H3,(H,24,25). The second-order valence-corrected chi connectivity index (χ2v) is 6.15. The van der Waals surface area contributed by atoms with E-state index in [0.29, 0.717) is 29.5 Å². The molecule has 6 nitrogen and oxygen atoms in total. The maximum atomic E-state index is 12.2. The Morgan fingerprint density at radius 3 is 2.10 bits per heavy atom. The first-order chi connectivity index (χ1) is 14.2. The van der Waals surface area contributed by atoms with Gasteiger partial charge < -0.3 is 24.3 Å². The normalized spacial score (nSPS) is 10.1. The molecule has 0 radical (unpaired) electrons. The van der Waals surface area contributed by atoms with E-state index in [0.717, 1.165) is 11.3 Å². The molecule has 0 bridgehead atoms. The highest BCUT2D eigenvalue weighted by Gasteiger charge is 2.10. The molecule has 0 aliphatic rings. The minimum absolute atomic E-state index is 0.126. The molecule has 0 spiro atoms. The molecule has 0 aliphatic heterocycles. The highest BCUT2D eigenvalue weighted by Crippen LogP contribution is 2.29. The summed E-state index contributed by atoms with van der Waals surface area (Å²) >= 11 is 0. The van der Waals surface area contributed by atoms with Crippen molar-refractivity contribution in [2.24, 2.45) is 0 Å². The van der Waals surface area contributed by atoms with Gasteiger partial charge in [0.1, 0.15) is 29.6 Å². The van der Waals surface area contributed by atoms with Gasteiger partial charge in [0.2, 0.25) is 0 Å². The van der Waals surface area contributed by atoms with Gasteiger partial charge in [-0.1, -0.05) is 30.3 Å². The zero-order chi connectivity index (χ0) is 20.5.